The van der Waals surface area contributed by atoms with Crippen LogP contribution in [0.1, 0.15) is 0 Å². The summed E-state index contributed by atoms with van der Waals surface area (Å²) in [5, 5.41) is 60.2. The number of aliphatic carboxylic acids is 1. The SMILES string of the molecule is COc1c(O)cc2oc(-c3ccc(O[C@@H]4O[C@H](C(=O)O)[C@@H](O)[C@H](O)[C@H]4O)cc3-c3ccccc3)cc(=O)c2c1O. The zero-order valence-electron chi connectivity index (χ0n) is 20.8. The number of aliphatic hydroxyl groups excluding tert-OH is 3. The van der Waals surface area contributed by atoms with Crippen LogP contribution < -0.4 is 14.9 Å². The third-order valence-electron chi connectivity index (χ3n) is 6.54. The van der Waals surface area contributed by atoms with Gasteiger partial charge in [0.2, 0.25) is 12.0 Å². The number of carbonyl (C=O) groups is 1. The zero-order valence-corrected chi connectivity index (χ0v) is 20.8. The number of fused-ring (bicyclic) bond motifs is 1. The predicted molar refractivity (Wildman–Crippen MR) is 138 cm³/mol. The summed E-state index contributed by atoms with van der Waals surface area (Å²) in [5.74, 6) is -2.63. The second-order valence-corrected chi connectivity index (χ2v) is 9.05. The Kier molecular flexibility index (Phi) is 7.08. The minimum absolute atomic E-state index is 0.0882. The second-order valence-electron chi connectivity index (χ2n) is 9.05. The highest BCUT2D eigenvalue weighted by atomic mass is 16.7. The average Bonchev–Trinajstić information content (AvgIpc) is 2.93. The van der Waals surface area contributed by atoms with Gasteiger partial charge in [-0.2, -0.15) is 0 Å². The van der Waals surface area contributed by atoms with Gasteiger partial charge in [0, 0.05) is 17.7 Å². The summed E-state index contributed by atoms with van der Waals surface area (Å²) in [4.78, 5) is 24.5. The number of phenolic OH excluding ortho intramolecular Hbond substituents is 2. The molecule has 12 nitrogen and oxygen atoms in total. The van der Waals surface area contributed by atoms with Crippen LogP contribution in [0, 0.1) is 0 Å². The first-order valence-corrected chi connectivity index (χ1v) is 12.0. The molecule has 0 saturated carbocycles. The number of aromatic hydroxyl groups is 2. The van der Waals surface area contributed by atoms with Crippen LogP contribution in [0.15, 0.2) is 69.9 Å². The van der Waals surface area contributed by atoms with Gasteiger partial charge >= 0.3 is 5.97 Å². The maximum absolute atomic E-state index is 13.0. The molecule has 4 aromatic rings. The smallest absolute Gasteiger partial charge is 0.335 e. The monoisotopic (exact) mass is 552 g/mol. The van der Waals surface area contributed by atoms with Crippen LogP contribution in [0.2, 0.25) is 0 Å². The summed E-state index contributed by atoms with van der Waals surface area (Å²) < 4.78 is 21.8. The molecule has 12 heteroatoms. The highest BCUT2D eigenvalue weighted by Crippen LogP contribution is 2.42. The number of ether oxygens (including phenoxy) is 3. The van der Waals surface area contributed by atoms with Crippen molar-refractivity contribution in [1.82, 2.24) is 0 Å². The molecule has 6 N–H and O–H groups in total. The van der Waals surface area contributed by atoms with E-state index in [9.17, 15) is 40.2 Å². The largest absolute Gasteiger partial charge is 0.504 e. The molecule has 0 unspecified atom stereocenters. The van der Waals surface area contributed by atoms with Crippen molar-refractivity contribution in [2.75, 3.05) is 7.11 Å². The first-order chi connectivity index (χ1) is 19.1. The van der Waals surface area contributed by atoms with E-state index < -0.39 is 53.6 Å². The lowest BCUT2D eigenvalue weighted by Crippen LogP contribution is -2.61. The molecule has 2 heterocycles. The summed E-state index contributed by atoms with van der Waals surface area (Å²) in [6.07, 6.45) is -8.94. The second kappa shape index (κ2) is 10.5. The molecule has 0 amide bonds. The summed E-state index contributed by atoms with van der Waals surface area (Å²) in [7, 11) is 1.23. The van der Waals surface area contributed by atoms with Gasteiger partial charge in [0.1, 0.15) is 40.8 Å². The molecule has 0 aliphatic carbocycles. The minimum Gasteiger partial charge on any atom is -0.504 e. The summed E-state index contributed by atoms with van der Waals surface area (Å²) in [5.41, 5.74) is 0.871. The first kappa shape index (κ1) is 27.0. The Bertz CT molecular complexity index is 1630. The van der Waals surface area contributed by atoms with Crippen molar-refractivity contribution in [3.63, 3.8) is 0 Å². The van der Waals surface area contributed by atoms with Crippen molar-refractivity contribution in [2.24, 2.45) is 0 Å². The zero-order chi connectivity index (χ0) is 28.7. The van der Waals surface area contributed by atoms with Crippen LogP contribution in [0.3, 0.4) is 0 Å². The van der Waals surface area contributed by atoms with Crippen molar-refractivity contribution in [2.45, 2.75) is 30.7 Å². The molecule has 1 saturated heterocycles. The first-order valence-electron chi connectivity index (χ1n) is 12.0. The number of rotatable bonds is 6. The van der Waals surface area contributed by atoms with Crippen LogP contribution >= 0.6 is 0 Å². The van der Waals surface area contributed by atoms with Crippen LogP contribution in [0.25, 0.3) is 33.4 Å². The number of benzene rings is 3. The third kappa shape index (κ3) is 4.69. The fourth-order valence-corrected chi connectivity index (χ4v) is 4.56. The van der Waals surface area contributed by atoms with Gasteiger partial charge in [0.15, 0.2) is 23.0 Å². The Labute approximate surface area is 225 Å². The van der Waals surface area contributed by atoms with Gasteiger partial charge in [0.05, 0.1) is 7.11 Å². The number of aliphatic hydroxyl groups is 3. The van der Waals surface area contributed by atoms with Gasteiger partial charge in [0.25, 0.3) is 0 Å². The normalized spacial score (nSPS) is 22.6. The van der Waals surface area contributed by atoms with Crippen molar-refractivity contribution in [3.8, 4) is 45.4 Å². The molecular formula is C28H24O12. The van der Waals surface area contributed by atoms with Gasteiger partial charge in [-0.3, -0.25) is 4.79 Å². The number of hydrogen-bond donors (Lipinski definition) is 6. The van der Waals surface area contributed by atoms with E-state index in [-0.39, 0.29) is 28.2 Å². The van der Waals surface area contributed by atoms with E-state index in [4.69, 9.17) is 18.6 Å². The van der Waals surface area contributed by atoms with Gasteiger partial charge in [-0.1, -0.05) is 30.3 Å². The van der Waals surface area contributed by atoms with Gasteiger partial charge in [-0.05, 0) is 29.3 Å². The Morgan fingerprint density at radius 2 is 1.62 bits per heavy atom. The maximum Gasteiger partial charge on any atom is 0.335 e. The molecule has 1 aliphatic rings. The number of methoxy groups -OCH3 is 1. The van der Waals surface area contributed by atoms with E-state index in [1.807, 2.05) is 0 Å². The molecule has 1 aliphatic heterocycles. The maximum atomic E-state index is 13.0. The Hall–Kier alpha value is -4.62. The molecule has 0 radical (unpaired) electrons. The minimum atomic E-state index is -1.87. The van der Waals surface area contributed by atoms with Gasteiger partial charge in [-0.25, -0.2) is 4.79 Å². The van der Waals surface area contributed by atoms with E-state index in [1.54, 1.807) is 36.4 Å². The van der Waals surface area contributed by atoms with Crippen LogP contribution in [-0.4, -0.2) is 74.4 Å². The Morgan fingerprint density at radius 3 is 2.30 bits per heavy atom. The number of carboxylic acid groups (broad SMARTS) is 1. The molecule has 1 aromatic heterocycles. The van der Waals surface area contributed by atoms with E-state index >= 15 is 0 Å². The topological polar surface area (TPSA) is 196 Å². The number of phenols is 2. The van der Waals surface area contributed by atoms with Crippen LogP contribution in [-0.2, 0) is 9.53 Å². The highest BCUT2D eigenvalue weighted by Gasteiger charge is 2.48. The molecule has 1 fully saturated rings. The van der Waals surface area contributed by atoms with E-state index in [0.717, 1.165) is 6.07 Å². The van der Waals surface area contributed by atoms with E-state index in [2.05, 4.69) is 0 Å². The quantitative estimate of drug-likeness (QED) is 0.203. The van der Waals surface area contributed by atoms with Crippen molar-refractivity contribution in [3.05, 3.63) is 70.9 Å². The molecule has 5 atom stereocenters. The predicted octanol–water partition coefficient (Wildman–Crippen LogP) is 1.82. The number of carboxylic acids is 1. The van der Waals surface area contributed by atoms with Crippen molar-refractivity contribution in [1.29, 1.82) is 0 Å². The number of hydrogen-bond acceptors (Lipinski definition) is 11. The highest BCUT2D eigenvalue weighted by molar-refractivity contribution is 5.91. The van der Waals surface area contributed by atoms with Crippen LogP contribution in [0.4, 0.5) is 0 Å². The van der Waals surface area contributed by atoms with Gasteiger partial charge < -0.3 is 49.3 Å². The lowest BCUT2D eigenvalue weighted by atomic mass is 9.97. The lowest BCUT2D eigenvalue weighted by Gasteiger charge is -2.38. The molecule has 5 rings (SSSR count). The fraction of sp³-hybridized carbons (Fsp3) is 0.214. The lowest BCUT2D eigenvalue weighted by molar-refractivity contribution is -0.271. The third-order valence-corrected chi connectivity index (χ3v) is 6.54. The molecule has 3 aromatic carbocycles. The van der Waals surface area contributed by atoms with Crippen molar-refractivity contribution >= 4 is 16.9 Å². The van der Waals surface area contributed by atoms with E-state index in [1.165, 1.54) is 25.3 Å². The molecule has 0 bridgehead atoms. The molecular weight excluding hydrogens is 528 g/mol. The van der Waals surface area contributed by atoms with Gasteiger partial charge in [-0.15, -0.1) is 0 Å². The molecule has 0 spiro atoms. The molecule has 208 valence electrons. The Morgan fingerprint density at radius 1 is 0.900 bits per heavy atom. The summed E-state index contributed by atoms with van der Waals surface area (Å²) in [6.45, 7) is 0. The van der Waals surface area contributed by atoms with Crippen molar-refractivity contribution < 1.29 is 54.1 Å². The molecule has 40 heavy (non-hydrogen) atoms. The Balaban J connectivity index is 1.60. The summed E-state index contributed by atoms with van der Waals surface area (Å²) in [6, 6.07) is 15.7. The summed E-state index contributed by atoms with van der Waals surface area (Å²) >= 11 is 0. The standard InChI is InChI=1S/C28H24O12/c1-37-25-17(30)11-19-20(21(25)31)16(29)10-18(39-19)14-8-7-13(9-15(14)12-5-3-2-4-6-12)38-28-24(34)22(32)23(33)26(40-28)27(35)36/h2-11,22-24,26,28,30-34H,1H3,(H,35,36)/t22-,23-,24+,26-,28+/m0/s1. The van der Waals surface area contributed by atoms with E-state index in [0.29, 0.717) is 16.7 Å². The fourth-order valence-electron chi connectivity index (χ4n) is 4.56. The van der Waals surface area contributed by atoms with Crippen LogP contribution in [0.5, 0.6) is 23.0 Å². The average molecular weight is 552 g/mol.